The van der Waals surface area contributed by atoms with Crippen LogP contribution in [0.4, 0.5) is 4.39 Å². The zero-order chi connectivity index (χ0) is 11.4. The van der Waals surface area contributed by atoms with Crippen molar-refractivity contribution in [3.05, 3.63) is 52.0 Å². The molecule has 0 radical (unpaired) electrons. The quantitative estimate of drug-likeness (QED) is 0.887. The van der Waals surface area contributed by atoms with Gasteiger partial charge in [-0.2, -0.15) is 11.3 Å². The maximum atomic E-state index is 13.5. The van der Waals surface area contributed by atoms with Gasteiger partial charge in [-0.25, -0.2) is 4.39 Å². The molecule has 1 aromatic heterocycles. The minimum atomic E-state index is -0.363. The van der Waals surface area contributed by atoms with E-state index in [9.17, 15) is 4.39 Å². The van der Waals surface area contributed by atoms with Gasteiger partial charge < -0.3 is 10.5 Å². The molecular formula is C12H12FNOS. The largest absolute Gasteiger partial charge is 0.485 e. The molecule has 0 saturated heterocycles. The van der Waals surface area contributed by atoms with Crippen LogP contribution in [0, 0.1) is 5.82 Å². The molecule has 0 fully saturated rings. The Morgan fingerprint density at radius 3 is 2.88 bits per heavy atom. The van der Waals surface area contributed by atoms with Crippen molar-refractivity contribution >= 4 is 11.3 Å². The van der Waals surface area contributed by atoms with Crippen molar-refractivity contribution in [2.75, 3.05) is 0 Å². The zero-order valence-electron chi connectivity index (χ0n) is 8.65. The Morgan fingerprint density at radius 2 is 2.19 bits per heavy atom. The summed E-state index contributed by atoms with van der Waals surface area (Å²) in [6.45, 7) is 0.647. The van der Waals surface area contributed by atoms with Crippen molar-refractivity contribution in [3.8, 4) is 5.75 Å². The number of nitrogens with two attached hydrogens (primary N) is 1. The predicted molar refractivity (Wildman–Crippen MR) is 62.9 cm³/mol. The molecule has 1 heterocycles. The molecule has 0 aliphatic carbocycles. The van der Waals surface area contributed by atoms with E-state index in [2.05, 4.69) is 0 Å². The van der Waals surface area contributed by atoms with Gasteiger partial charge in [-0.3, -0.25) is 0 Å². The molecule has 16 heavy (non-hydrogen) atoms. The van der Waals surface area contributed by atoms with Gasteiger partial charge in [0.25, 0.3) is 0 Å². The van der Waals surface area contributed by atoms with Crippen molar-refractivity contribution < 1.29 is 9.13 Å². The summed E-state index contributed by atoms with van der Waals surface area (Å²) in [5.74, 6) is -0.102. The van der Waals surface area contributed by atoms with E-state index in [0.717, 1.165) is 5.56 Å². The van der Waals surface area contributed by atoms with Gasteiger partial charge in [-0.05, 0) is 28.5 Å². The zero-order valence-corrected chi connectivity index (χ0v) is 9.47. The lowest BCUT2D eigenvalue weighted by molar-refractivity contribution is 0.287. The first kappa shape index (κ1) is 11.1. The number of halogens is 1. The number of benzene rings is 1. The van der Waals surface area contributed by atoms with E-state index in [4.69, 9.17) is 10.5 Å². The Labute approximate surface area is 97.5 Å². The van der Waals surface area contributed by atoms with Crippen molar-refractivity contribution in [1.29, 1.82) is 0 Å². The third kappa shape index (κ3) is 2.40. The van der Waals surface area contributed by atoms with E-state index >= 15 is 0 Å². The topological polar surface area (TPSA) is 35.2 Å². The van der Waals surface area contributed by atoms with E-state index in [1.807, 2.05) is 16.8 Å². The predicted octanol–water partition coefficient (Wildman–Crippen LogP) is 2.92. The minimum absolute atomic E-state index is 0.260. The molecule has 0 aliphatic heterocycles. The van der Waals surface area contributed by atoms with Crippen LogP contribution in [0.1, 0.15) is 11.1 Å². The van der Waals surface area contributed by atoms with Gasteiger partial charge >= 0.3 is 0 Å². The van der Waals surface area contributed by atoms with Crippen LogP contribution in [0.15, 0.2) is 35.0 Å². The number of hydrogen-bond acceptors (Lipinski definition) is 3. The monoisotopic (exact) mass is 237 g/mol. The van der Waals surface area contributed by atoms with Gasteiger partial charge in [0.1, 0.15) is 6.61 Å². The van der Waals surface area contributed by atoms with Gasteiger partial charge in [-0.15, -0.1) is 0 Å². The SMILES string of the molecule is NCc1cccc(F)c1OCc1ccsc1. The first-order valence-electron chi connectivity index (χ1n) is 4.92. The molecule has 2 nitrogen and oxygen atoms in total. The highest BCUT2D eigenvalue weighted by Crippen LogP contribution is 2.23. The molecule has 0 saturated carbocycles. The average molecular weight is 237 g/mol. The summed E-state index contributed by atoms with van der Waals surface area (Å²) in [6.07, 6.45) is 0. The number of hydrogen-bond donors (Lipinski definition) is 1. The first-order valence-corrected chi connectivity index (χ1v) is 5.87. The van der Waals surface area contributed by atoms with Crippen molar-refractivity contribution in [3.63, 3.8) is 0 Å². The molecule has 2 aromatic rings. The maximum absolute atomic E-state index is 13.5. The Hall–Kier alpha value is -1.39. The molecule has 0 aliphatic rings. The average Bonchev–Trinajstić information content (AvgIpc) is 2.80. The summed E-state index contributed by atoms with van der Waals surface area (Å²) in [7, 11) is 0. The third-order valence-corrected chi connectivity index (χ3v) is 2.96. The Kier molecular flexibility index (Phi) is 3.54. The van der Waals surface area contributed by atoms with E-state index in [-0.39, 0.29) is 18.1 Å². The Bertz CT molecular complexity index is 456. The van der Waals surface area contributed by atoms with Crippen LogP contribution in [-0.2, 0) is 13.2 Å². The summed E-state index contributed by atoms with van der Waals surface area (Å²) < 4.78 is 18.9. The van der Waals surface area contributed by atoms with Gasteiger partial charge in [-0.1, -0.05) is 12.1 Å². The fraction of sp³-hybridized carbons (Fsp3) is 0.167. The van der Waals surface area contributed by atoms with Crippen molar-refractivity contribution in [1.82, 2.24) is 0 Å². The molecule has 0 spiro atoms. The fourth-order valence-corrected chi connectivity index (χ4v) is 2.06. The summed E-state index contributed by atoms with van der Waals surface area (Å²) in [6, 6.07) is 6.73. The van der Waals surface area contributed by atoms with Crippen LogP contribution in [0.3, 0.4) is 0 Å². The van der Waals surface area contributed by atoms with Gasteiger partial charge in [0.2, 0.25) is 0 Å². The van der Waals surface area contributed by atoms with Crippen LogP contribution in [0.5, 0.6) is 5.75 Å². The first-order chi connectivity index (χ1) is 7.81. The molecule has 1 aromatic carbocycles. The van der Waals surface area contributed by atoms with Gasteiger partial charge in [0, 0.05) is 12.1 Å². The van der Waals surface area contributed by atoms with Crippen LogP contribution in [0.25, 0.3) is 0 Å². The highest BCUT2D eigenvalue weighted by molar-refractivity contribution is 7.07. The van der Waals surface area contributed by atoms with E-state index < -0.39 is 0 Å². The van der Waals surface area contributed by atoms with Crippen LogP contribution < -0.4 is 10.5 Å². The standard InChI is InChI=1S/C12H12FNOS/c13-11-3-1-2-10(6-14)12(11)15-7-9-4-5-16-8-9/h1-5,8H,6-7,14H2. The van der Waals surface area contributed by atoms with E-state index in [1.54, 1.807) is 23.5 Å². The Morgan fingerprint density at radius 1 is 1.31 bits per heavy atom. The van der Waals surface area contributed by atoms with Crippen molar-refractivity contribution in [2.45, 2.75) is 13.2 Å². The number of rotatable bonds is 4. The van der Waals surface area contributed by atoms with Crippen LogP contribution in [0.2, 0.25) is 0 Å². The molecule has 0 unspecified atom stereocenters. The Balaban J connectivity index is 2.14. The lowest BCUT2D eigenvalue weighted by atomic mass is 10.2. The van der Waals surface area contributed by atoms with E-state index in [0.29, 0.717) is 12.2 Å². The summed E-state index contributed by atoms with van der Waals surface area (Å²) in [4.78, 5) is 0. The molecule has 2 N–H and O–H groups in total. The smallest absolute Gasteiger partial charge is 0.165 e. The summed E-state index contributed by atoms with van der Waals surface area (Å²) >= 11 is 1.59. The number of thiophene rings is 1. The van der Waals surface area contributed by atoms with Crippen LogP contribution >= 0.6 is 11.3 Å². The van der Waals surface area contributed by atoms with Gasteiger partial charge in [0.15, 0.2) is 11.6 Å². The fourth-order valence-electron chi connectivity index (χ4n) is 1.41. The second-order valence-electron chi connectivity index (χ2n) is 3.35. The molecule has 0 bridgehead atoms. The molecule has 84 valence electrons. The molecular weight excluding hydrogens is 225 g/mol. The molecule has 4 heteroatoms. The van der Waals surface area contributed by atoms with Gasteiger partial charge in [0.05, 0.1) is 0 Å². The summed E-state index contributed by atoms with van der Waals surface area (Å²) in [5, 5.41) is 3.94. The maximum Gasteiger partial charge on any atom is 0.165 e. The molecule has 0 amide bonds. The minimum Gasteiger partial charge on any atom is -0.485 e. The lowest BCUT2D eigenvalue weighted by Gasteiger charge is -2.10. The van der Waals surface area contributed by atoms with Crippen molar-refractivity contribution in [2.24, 2.45) is 5.73 Å². The molecule has 2 rings (SSSR count). The third-order valence-electron chi connectivity index (χ3n) is 2.23. The highest BCUT2D eigenvalue weighted by Gasteiger charge is 2.08. The second-order valence-corrected chi connectivity index (χ2v) is 4.13. The van der Waals surface area contributed by atoms with E-state index in [1.165, 1.54) is 6.07 Å². The lowest BCUT2D eigenvalue weighted by Crippen LogP contribution is -2.04. The van der Waals surface area contributed by atoms with Crippen LogP contribution in [-0.4, -0.2) is 0 Å². The number of ether oxygens (including phenoxy) is 1. The second kappa shape index (κ2) is 5.09. The summed E-state index contributed by atoms with van der Waals surface area (Å²) in [5.41, 5.74) is 7.25. The number of para-hydroxylation sites is 1. The normalized spacial score (nSPS) is 10.4. The highest BCUT2D eigenvalue weighted by atomic mass is 32.1. The molecule has 0 atom stereocenters.